The van der Waals surface area contributed by atoms with Gasteiger partial charge in [0.15, 0.2) is 9.84 Å². The van der Waals surface area contributed by atoms with Gasteiger partial charge in [-0.3, -0.25) is 0 Å². The lowest BCUT2D eigenvalue weighted by Gasteiger charge is -2.10. The van der Waals surface area contributed by atoms with E-state index >= 15 is 0 Å². The molecule has 136 valence electrons. The van der Waals surface area contributed by atoms with Gasteiger partial charge in [-0.25, -0.2) is 23.4 Å². The third-order valence-corrected chi connectivity index (χ3v) is 6.71. The highest BCUT2D eigenvalue weighted by Gasteiger charge is 2.19. The molecule has 4 rings (SSSR count). The predicted octanol–water partition coefficient (Wildman–Crippen LogP) is 3.74. The summed E-state index contributed by atoms with van der Waals surface area (Å²) in [4.78, 5) is 12.9. The number of benzene rings is 2. The summed E-state index contributed by atoms with van der Waals surface area (Å²) in [5.41, 5.74) is 2.08. The monoisotopic (exact) mass is 397 g/mol. The van der Waals surface area contributed by atoms with Crippen molar-refractivity contribution in [2.45, 2.75) is 10.6 Å². The van der Waals surface area contributed by atoms with Crippen molar-refractivity contribution in [1.29, 1.82) is 0 Å². The zero-order valence-electron chi connectivity index (χ0n) is 14.4. The quantitative estimate of drug-likeness (QED) is 0.510. The van der Waals surface area contributed by atoms with Crippen LogP contribution in [0.25, 0.3) is 22.2 Å². The summed E-state index contributed by atoms with van der Waals surface area (Å²) < 4.78 is 30.8. The molecule has 2 aromatic heterocycles. The maximum atomic E-state index is 12.7. The summed E-state index contributed by atoms with van der Waals surface area (Å²) in [6.45, 7) is 0. The second kappa shape index (κ2) is 7.05. The lowest BCUT2D eigenvalue weighted by Crippen LogP contribution is -2.05. The second-order valence-electron chi connectivity index (χ2n) is 5.79. The number of rotatable bonds is 5. The topological polar surface area (TPSA) is 82.0 Å². The Morgan fingerprint density at radius 2 is 1.93 bits per heavy atom. The van der Waals surface area contributed by atoms with Crippen LogP contribution in [0.1, 0.15) is 5.01 Å². The Balaban J connectivity index is 1.81. The molecule has 0 saturated carbocycles. The summed E-state index contributed by atoms with van der Waals surface area (Å²) in [5.74, 6) is 0.568. The fourth-order valence-corrected chi connectivity index (χ4v) is 5.13. The molecule has 0 saturated heterocycles. The van der Waals surface area contributed by atoms with Gasteiger partial charge in [-0.2, -0.15) is 0 Å². The smallest absolute Gasteiger partial charge is 0.184 e. The average Bonchev–Trinajstić information content (AvgIpc) is 3.19. The molecule has 2 aromatic carbocycles. The van der Waals surface area contributed by atoms with Gasteiger partial charge < -0.3 is 4.74 Å². The standard InChI is InChI=1S/C19H15N3O3S2/c1-25-17-5-3-2-4-15(17)19-14-7-6-13(10-16(14)21-12-22-19)27(23,24)11-18-20-8-9-26-18/h2-10,12H,11H2,1H3. The first kappa shape index (κ1) is 17.6. The highest BCUT2D eigenvalue weighted by molar-refractivity contribution is 7.90. The molecule has 0 aliphatic heterocycles. The maximum Gasteiger partial charge on any atom is 0.184 e. The van der Waals surface area contributed by atoms with Gasteiger partial charge >= 0.3 is 0 Å². The van der Waals surface area contributed by atoms with Gasteiger partial charge in [0.05, 0.1) is 23.2 Å². The molecule has 0 fully saturated rings. The molecule has 0 atom stereocenters. The van der Waals surface area contributed by atoms with E-state index in [4.69, 9.17) is 4.74 Å². The Bertz CT molecular complexity index is 1210. The highest BCUT2D eigenvalue weighted by Crippen LogP contribution is 2.33. The Kier molecular flexibility index (Phi) is 4.59. The van der Waals surface area contributed by atoms with Gasteiger partial charge in [-0.1, -0.05) is 12.1 Å². The van der Waals surface area contributed by atoms with Crippen molar-refractivity contribution in [3.05, 3.63) is 65.4 Å². The van der Waals surface area contributed by atoms with E-state index in [0.29, 0.717) is 22.0 Å². The molecule has 27 heavy (non-hydrogen) atoms. The number of methoxy groups -OCH3 is 1. The van der Waals surface area contributed by atoms with Crippen LogP contribution >= 0.6 is 11.3 Å². The molecule has 8 heteroatoms. The number of fused-ring (bicyclic) bond motifs is 1. The van der Waals surface area contributed by atoms with Crippen LogP contribution in [0.2, 0.25) is 0 Å². The normalized spacial score (nSPS) is 11.6. The first-order chi connectivity index (χ1) is 13.1. The van der Waals surface area contributed by atoms with E-state index in [1.165, 1.54) is 17.7 Å². The van der Waals surface area contributed by atoms with Crippen molar-refractivity contribution in [2.24, 2.45) is 0 Å². The number of sulfone groups is 1. The fourth-order valence-electron chi connectivity index (χ4n) is 2.86. The molecule has 4 aromatic rings. The Morgan fingerprint density at radius 1 is 1.07 bits per heavy atom. The minimum Gasteiger partial charge on any atom is -0.496 e. The molecule has 2 heterocycles. The first-order valence-corrected chi connectivity index (χ1v) is 10.6. The van der Waals surface area contributed by atoms with Crippen LogP contribution < -0.4 is 4.74 Å². The minimum atomic E-state index is -3.50. The largest absolute Gasteiger partial charge is 0.496 e. The second-order valence-corrected chi connectivity index (χ2v) is 8.76. The highest BCUT2D eigenvalue weighted by atomic mass is 32.2. The van der Waals surface area contributed by atoms with Crippen LogP contribution in [-0.4, -0.2) is 30.5 Å². The number of thiazole rings is 1. The SMILES string of the molecule is COc1ccccc1-c1ncnc2cc(S(=O)(=O)Cc3nccs3)ccc12. The van der Waals surface area contributed by atoms with E-state index in [2.05, 4.69) is 15.0 Å². The van der Waals surface area contributed by atoms with E-state index in [9.17, 15) is 8.42 Å². The first-order valence-electron chi connectivity index (χ1n) is 8.08. The minimum absolute atomic E-state index is 0.124. The van der Waals surface area contributed by atoms with E-state index in [0.717, 1.165) is 10.9 Å². The number of hydrogen-bond acceptors (Lipinski definition) is 7. The summed E-state index contributed by atoms with van der Waals surface area (Å²) in [6, 6.07) is 12.5. The van der Waals surface area contributed by atoms with Crippen LogP contribution in [-0.2, 0) is 15.6 Å². The predicted molar refractivity (Wildman–Crippen MR) is 105 cm³/mol. The van der Waals surface area contributed by atoms with Crippen molar-refractivity contribution < 1.29 is 13.2 Å². The lowest BCUT2D eigenvalue weighted by molar-refractivity contribution is 0.416. The molecule has 0 radical (unpaired) electrons. The molecule has 0 aliphatic carbocycles. The van der Waals surface area contributed by atoms with E-state index in [-0.39, 0.29) is 10.6 Å². The number of nitrogens with zero attached hydrogens (tertiary/aromatic N) is 3. The van der Waals surface area contributed by atoms with E-state index in [1.807, 2.05) is 24.3 Å². The van der Waals surface area contributed by atoms with Gasteiger partial charge in [0.25, 0.3) is 0 Å². The van der Waals surface area contributed by atoms with E-state index in [1.54, 1.807) is 36.9 Å². The van der Waals surface area contributed by atoms with Gasteiger partial charge in [0, 0.05) is 22.5 Å². The van der Waals surface area contributed by atoms with Crippen LogP contribution in [0.5, 0.6) is 5.75 Å². The average molecular weight is 397 g/mol. The van der Waals surface area contributed by atoms with Gasteiger partial charge in [-0.15, -0.1) is 11.3 Å². The molecular formula is C19H15N3O3S2. The van der Waals surface area contributed by atoms with Crippen LogP contribution in [0.15, 0.2) is 65.3 Å². The maximum absolute atomic E-state index is 12.7. The fraction of sp³-hybridized carbons (Fsp3) is 0.105. The number of aromatic nitrogens is 3. The Labute approximate surface area is 160 Å². The van der Waals surface area contributed by atoms with Gasteiger partial charge in [-0.05, 0) is 30.3 Å². The number of hydrogen-bond donors (Lipinski definition) is 0. The summed E-state index contributed by atoms with van der Waals surface area (Å²) in [6.07, 6.45) is 3.03. The number of para-hydroxylation sites is 1. The molecular weight excluding hydrogens is 382 g/mol. The van der Waals surface area contributed by atoms with Crippen LogP contribution in [0.4, 0.5) is 0 Å². The molecule has 0 aliphatic rings. The molecule has 0 N–H and O–H groups in total. The van der Waals surface area contributed by atoms with Crippen molar-refractivity contribution >= 4 is 32.1 Å². The molecule has 0 spiro atoms. The summed E-state index contributed by atoms with van der Waals surface area (Å²) >= 11 is 1.32. The molecule has 6 nitrogen and oxygen atoms in total. The Hall–Kier alpha value is -2.84. The summed E-state index contributed by atoms with van der Waals surface area (Å²) in [5, 5.41) is 3.08. The summed E-state index contributed by atoms with van der Waals surface area (Å²) in [7, 11) is -1.90. The van der Waals surface area contributed by atoms with E-state index < -0.39 is 9.84 Å². The van der Waals surface area contributed by atoms with Crippen molar-refractivity contribution in [3.63, 3.8) is 0 Å². The zero-order chi connectivity index (χ0) is 18.9. The molecule has 0 unspecified atom stereocenters. The lowest BCUT2D eigenvalue weighted by atomic mass is 10.1. The van der Waals surface area contributed by atoms with Crippen molar-refractivity contribution in [2.75, 3.05) is 7.11 Å². The molecule has 0 amide bonds. The van der Waals surface area contributed by atoms with Crippen LogP contribution in [0.3, 0.4) is 0 Å². The number of ether oxygens (including phenoxy) is 1. The van der Waals surface area contributed by atoms with Gasteiger partial charge in [0.1, 0.15) is 22.8 Å². The third kappa shape index (κ3) is 3.41. The van der Waals surface area contributed by atoms with Crippen molar-refractivity contribution in [1.82, 2.24) is 15.0 Å². The Morgan fingerprint density at radius 3 is 2.70 bits per heavy atom. The van der Waals surface area contributed by atoms with Crippen LogP contribution in [0, 0.1) is 0 Å². The van der Waals surface area contributed by atoms with Gasteiger partial charge in [0.2, 0.25) is 0 Å². The molecule has 0 bridgehead atoms. The third-order valence-electron chi connectivity index (χ3n) is 4.13. The zero-order valence-corrected chi connectivity index (χ0v) is 16.0. The van der Waals surface area contributed by atoms with Crippen molar-refractivity contribution in [3.8, 4) is 17.0 Å².